The second kappa shape index (κ2) is 10.8. The lowest BCUT2D eigenvalue weighted by molar-refractivity contribution is 0.0915. The highest BCUT2D eigenvalue weighted by Gasteiger charge is 2.24. The number of carbonyl (C=O) groups is 1. The van der Waals surface area contributed by atoms with Crippen LogP contribution < -0.4 is 10.3 Å². The first kappa shape index (κ1) is 24.2. The van der Waals surface area contributed by atoms with Gasteiger partial charge in [0.2, 0.25) is 11.7 Å². The number of carbonyl (C=O) groups excluding carboxylic acids is 1. The Morgan fingerprint density at radius 3 is 2.61 bits per heavy atom. The highest BCUT2D eigenvalue weighted by atomic mass is 16.5. The summed E-state index contributed by atoms with van der Waals surface area (Å²) in [5.74, 6) is -0.134. The molecule has 0 radical (unpaired) electrons. The van der Waals surface area contributed by atoms with E-state index in [2.05, 4.69) is 0 Å². The molecule has 1 aromatic carbocycles. The van der Waals surface area contributed by atoms with E-state index in [1.807, 2.05) is 52.0 Å². The molecular weight excluding hydrogens is 396 g/mol. The number of ether oxygens (including phenoxy) is 2. The van der Waals surface area contributed by atoms with Crippen molar-refractivity contribution in [2.75, 3.05) is 19.8 Å². The molecule has 1 heterocycles. The minimum atomic E-state index is -0.618. The van der Waals surface area contributed by atoms with Gasteiger partial charge in [-0.05, 0) is 55.9 Å². The maximum Gasteiger partial charge on any atom is 0.271 e. The lowest BCUT2D eigenvalue weighted by atomic mass is 10.00. The monoisotopic (exact) mass is 426 g/mol. The number of pyridine rings is 1. The summed E-state index contributed by atoms with van der Waals surface area (Å²) in [6.07, 6.45) is 0.459. The number of benzene rings is 1. The molecule has 0 spiro atoms. The van der Waals surface area contributed by atoms with Crippen LogP contribution in [0.5, 0.6) is 11.6 Å². The van der Waals surface area contributed by atoms with Gasteiger partial charge in [0.15, 0.2) is 6.61 Å². The number of hydrogen-bond acceptors (Lipinski definition) is 6. The van der Waals surface area contributed by atoms with Gasteiger partial charge >= 0.3 is 0 Å². The zero-order chi connectivity index (χ0) is 23.1. The molecule has 0 saturated carbocycles. The normalized spacial score (nSPS) is 10.9. The zero-order valence-electron chi connectivity index (χ0n) is 18.8. The van der Waals surface area contributed by atoms with E-state index >= 15 is 0 Å². The zero-order valence-corrected chi connectivity index (χ0v) is 18.8. The third-order valence-electron chi connectivity index (χ3n) is 5.10. The Balaban J connectivity index is 2.37. The Hall–Kier alpha value is -3.11. The van der Waals surface area contributed by atoms with Crippen molar-refractivity contribution >= 4 is 5.78 Å². The van der Waals surface area contributed by atoms with Crippen LogP contribution in [0.4, 0.5) is 0 Å². The van der Waals surface area contributed by atoms with Crippen molar-refractivity contribution in [3.63, 3.8) is 0 Å². The Morgan fingerprint density at radius 1 is 1.29 bits per heavy atom. The van der Waals surface area contributed by atoms with Crippen molar-refractivity contribution in [1.82, 2.24) is 4.57 Å². The third-order valence-corrected chi connectivity index (χ3v) is 5.10. The Labute approximate surface area is 182 Å². The van der Waals surface area contributed by atoms with E-state index in [9.17, 15) is 20.0 Å². The Kier molecular flexibility index (Phi) is 8.40. The number of aromatic nitrogens is 1. The van der Waals surface area contributed by atoms with Gasteiger partial charge in [0.1, 0.15) is 17.4 Å². The molecule has 0 aliphatic rings. The van der Waals surface area contributed by atoms with Crippen LogP contribution >= 0.6 is 0 Å². The molecule has 1 aromatic heterocycles. The van der Waals surface area contributed by atoms with Gasteiger partial charge in [-0.1, -0.05) is 26.0 Å². The SMILES string of the molecule is CCOCCCn1c(O)c(C(=O)COc2cc(C)ccc2C(C)C)c(C)c(C#N)c1=O. The molecule has 0 saturated heterocycles. The van der Waals surface area contributed by atoms with Crippen molar-refractivity contribution in [3.8, 4) is 17.7 Å². The van der Waals surface area contributed by atoms with Crippen molar-refractivity contribution in [2.24, 2.45) is 0 Å². The summed E-state index contributed by atoms with van der Waals surface area (Å²) >= 11 is 0. The summed E-state index contributed by atoms with van der Waals surface area (Å²) in [7, 11) is 0. The standard InChI is InChI=1S/C24H30N2O5/c1-6-30-11-7-10-26-23(28)19(13-25)17(5)22(24(26)29)20(27)14-31-21-12-16(4)8-9-18(21)15(2)3/h8-9,12,15,29H,6-7,10-11,14H2,1-5H3. The van der Waals surface area contributed by atoms with Crippen LogP contribution in [0.3, 0.4) is 0 Å². The summed E-state index contributed by atoms with van der Waals surface area (Å²) in [5, 5.41) is 20.2. The second-order valence-corrected chi connectivity index (χ2v) is 7.73. The number of Topliss-reactive ketones (excluding diaryl/α,β-unsaturated/α-hetero) is 1. The van der Waals surface area contributed by atoms with E-state index in [1.165, 1.54) is 6.92 Å². The quantitative estimate of drug-likeness (QED) is 0.457. The fourth-order valence-corrected chi connectivity index (χ4v) is 3.42. The molecule has 2 aromatic rings. The summed E-state index contributed by atoms with van der Waals surface area (Å²) in [4.78, 5) is 25.6. The minimum Gasteiger partial charge on any atom is -0.494 e. The first-order valence-electron chi connectivity index (χ1n) is 10.4. The Bertz CT molecular complexity index is 1050. The summed E-state index contributed by atoms with van der Waals surface area (Å²) < 4.78 is 12.1. The van der Waals surface area contributed by atoms with Crippen molar-refractivity contribution in [1.29, 1.82) is 5.26 Å². The lowest BCUT2D eigenvalue weighted by Crippen LogP contribution is -2.28. The number of nitrogens with zero attached hydrogens (tertiary/aromatic N) is 2. The van der Waals surface area contributed by atoms with Crippen molar-refractivity contribution in [3.05, 3.63) is 56.4 Å². The number of hydrogen-bond donors (Lipinski definition) is 1. The number of rotatable bonds is 10. The van der Waals surface area contributed by atoms with Gasteiger partial charge in [0.25, 0.3) is 5.56 Å². The number of nitriles is 1. The van der Waals surface area contributed by atoms with Gasteiger partial charge < -0.3 is 14.6 Å². The molecular formula is C24H30N2O5. The highest BCUT2D eigenvalue weighted by molar-refractivity contribution is 6.01. The number of aromatic hydroxyl groups is 1. The van der Waals surface area contributed by atoms with E-state index in [-0.39, 0.29) is 35.8 Å². The molecule has 31 heavy (non-hydrogen) atoms. The topological polar surface area (TPSA) is 102 Å². The van der Waals surface area contributed by atoms with Crippen LogP contribution in [-0.4, -0.2) is 35.3 Å². The molecule has 0 aliphatic carbocycles. The van der Waals surface area contributed by atoms with E-state index in [0.717, 1.165) is 15.7 Å². The molecule has 1 N–H and O–H groups in total. The van der Waals surface area contributed by atoms with Crippen LogP contribution in [0.1, 0.15) is 65.7 Å². The van der Waals surface area contributed by atoms with Gasteiger partial charge in [0, 0.05) is 19.8 Å². The average Bonchev–Trinajstić information content (AvgIpc) is 2.71. The minimum absolute atomic E-state index is 0.0636. The molecule has 166 valence electrons. The lowest BCUT2D eigenvalue weighted by Gasteiger charge is -2.17. The van der Waals surface area contributed by atoms with Gasteiger partial charge in [-0.2, -0.15) is 5.26 Å². The predicted octanol–water partition coefficient (Wildman–Crippen LogP) is 3.85. The van der Waals surface area contributed by atoms with Crippen LogP contribution in [0.2, 0.25) is 0 Å². The fourth-order valence-electron chi connectivity index (χ4n) is 3.42. The van der Waals surface area contributed by atoms with Gasteiger partial charge in [-0.3, -0.25) is 14.2 Å². The van der Waals surface area contributed by atoms with Crippen LogP contribution in [0, 0.1) is 25.2 Å². The van der Waals surface area contributed by atoms with E-state index in [1.54, 1.807) is 0 Å². The summed E-state index contributed by atoms with van der Waals surface area (Å²) in [5.41, 5.74) is 1.29. The van der Waals surface area contributed by atoms with Crippen LogP contribution in [0.15, 0.2) is 23.0 Å². The smallest absolute Gasteiger partial charge is 0.271 e. The predicted molar refractivity (Wildman–Crippen MR) is 118 cm³/mol. The van der Waals surface area contributed by atoms with Crippen molar-refractivity contribution < 1.29 is 19.4 Å². The van der Waals surface area contributed by atoms with E-state index < -0.39 is 17.2 Å². The molecule has 2 rings (SSSR count). The summed E-state index contributed by atoms with van der Waals surface area (Å²) in [6, 6.07) is 7.68. The fraction of sp³-hybridized carbons (Fsp3) is 0.458. The molecule has 0 atom stereocenters. The van der Waals surface area contributed by atoms with Gasteiger partial charge in [-0.15, -0.1) is 0 Å². The largest absolute Gasteiger partial charge is 0.494 e. The van der Waals surface area contributed by atoms with Gasteiger partial charge in [-0.25, -0.2) is 0 Å². The maximum atomic E-state index is 13.0. The number of aryl methyl sites for hydroxylation is 1. The maximum absolute atomic E-state index is 13.0. The first-order chi connectivity index (χ1) is 14.7. The van der Waals surface area contributed by atoms with E-state index in [4.69, 9.17) is 9.47 Å². The molecule has 0 unspecified atom stereocenters. The van der Waals surface area contributed by atoms with Crippen LogP contribution in [0.25, 0.3) is 0 Å². The van der Waals surface area contributed by atoms with Crippen LogP contribution in [-0.2, 0) is 11.3 Å². The molecule has 7 heteroatoms. The molecule has 0 aliphatic heterocycles. The molecule has 0 amide bonds. The Morgan fingerprint density at radius 2 is 2.00 bits per heavy atom. The number of ketones is 1. The van der Waals surface area contributed by atoms with E-state index in [0.29, 0.717) is 25.4 Å². The summed E-state index contributed by atoms with van der Waals surface area (Å²) in [6.45, 7) is 10.1. The molecule has 0 bridgehead atoms. The average molecular weight is 427 g/mol. The van der Waals surface area contributed by atoms with Gasteiger partial charge in [0.05, 0.1) is 5.56 Å². The molecule has 7 nitrogen and oxygen atoms in total. The third kappa shape index (κ3) is 5.53. The highest BCUT2D eigenvalue weighted by Crippen LogP contribution is 2.28. The first-order valence-corrected chi connectivity index (χ1v) is 10.4. The second-order valence-electron chi connectivity index (χ2n) is 7.73. The van der Waals surface area contributed by atoms with Crippen molar-refractivity contribution in [2.45, 2.75) is 53.5 Å². The molecule has 0 fully saturated rings.